The van der Waals surface area contributed by atoms with Crippen molar-refractivity contribution in [3.8, 4) is 0 Å². The fourth-order valence-electron chi connectivity index (χ4n) is 1.32. The van der Waals surface area contributed by atoms with Crippen molar-refractivity contribution in [1.29, 1.82) is 0 Å². The standard InChI is InChI=1S/C11H15NOS/c1-3-5-12(6-4-2)10-7-11(8-13)14-9-10/h3,7-9H,1,4-6H2,2H3. The summed E-state index contributed by atoms with van der Waals surface area (Å²) in [5, 5.41) is 2.02. The average Bonchev–Trinajstić information content (AvgIpc) is 2.65. The van der Waals surface area contributed by atoms with Gasteiger partial charge in [-0.3, -0.25) is 4.79 Å². The molecule has 1 rings (SSSR count). The molecule has 3 heteroatoms. The molecule has 0 amide bonds. The molecule has 14 heavy (non-hydrogen) atoms. The lowest BCUT2D eigenvalue weighted by molar-refractivity contribution is 0.112. The third-order valence-corrected chi connectivity index (χ3v) is 2.78. The lowest BCUT2D eigenvalue weighted by Crippen LogP contribution is -2.23. The molecule has 0 fully saturated rings. The van der Waals surface area contributed by atoms with Crippen LogP contribution >= 0.6 is 11.3 Å². The zero-order valence-corrected chi connectivity index (χ0v) is 9.22. The Morgan fingerprint density at radius 2 is 2.43 bits per heavy atom. The Labute approximate surface area is 88.9 Å². The van der Waals surface area contributed by atoms with Gasteiger partial charge in [-0.25, -0.2) is 0 Å². The van der Waals surface area contributed by atoms with Gasteiger partial charge in [-0.2, -0.15) is 0 Å². The highest BCUT2D eigenvalue weighted by Crippen LogP contribution is 2.22. The SMILES string of the molecule is C=CCN(CCC)c1csc(C=O)c1. The summed E-state index contributed by atoms with van der Waals surface area (Å²) in [5.41, 5.74) is 1.12. The molecule has 0 saturated carbocycles. The normalized spacial score (nSPS) is 9.79. The van der Waals surface area contributed by atoms with E-state index >= 15 is 0 Å². The number of aldehydes is 1. The molecule has 0 unspecified atom stereocenters. The number of hydrogen-bond acceptors (Lipinski definition) is 3. The Balaban J connectivity index is 2.75. The summed E-state index contributed by atoms with van der Waals surface area (Å²) in [6.45, 7) is 7.71. The first-order valence-electron chi connectivity index (χ1n) is 4.71. The molecule has 76 valence electrons. The molecule has 0 aliphatic carbocycles. The average molecular weight is 209 g/mol. The summed E-state index contributed by atoms with van der Waals surface area (Å²) in [5.74, 6) is 0. The van der Waals surface area contributed by atoms with Crippen molar-refractivity contribution in [3.05, 3.63) is 29.0 Å². The first-order chi connectivity index (χ1) is 6.81. The third-order valence-electron chi connectivity index (χ3n) is 1.93. The third kappa shape index (κ3) is 2.70. The maximum atomic E-state index is 10.5. The van der Waals surface area contributed by atoms with Crippen molar-refractivity contribution in [1.82, 2.24) is 0 Å². The van der Waals surface area contributed by atoms with E-state index in [1.165, 1.54) is 11.3 Å². The van der Waals surface area contributed by atoms with Crippen LogP contribution in [0, 0.1) is 0 Å². The molecule has 2 nitrogen and oxygen atoms in total. The first-order valence-corrected chi connectivity index (χ1v) is 5.59. The Bertz CT molecular complexity index is 306. The lowest BCUT2D eigenvalue weighted by Gasteiger charge is -2.20. The summed E-state index contributed by atoms with van der Waals surface area (Å²) in [6.07, 6.45) is 3.88. The summed E-state index contributed by atoms with van der Waals surface area (Å²) < 4.78 is 0. The van der Waals surface area contributed by atoms with Crippen molar-refractivity contribution in [3.63, 3.8) is 0 Å². The maximum Gasteiger partial charge on any atom is 0.160 e. The van der Waals surface area contributed by atoms with Crippen molar-refractivity contribution in [2.24, 2.45) is 0 Å². The van der Waals surface area contributed by atoms with Gasteiger partial charge < -0.3 is 4.90 Å². The van der Waals surface area contributed by atoms with E-state index in [-0.39, 0.29) is 0 Å². The fraction of sp³-hybridized carbons (Fsp3) is 0.364. The Morgan fingerprint density at radius 1 is 1.64 bits per heavy atom. The molecular weight excluding hydrogens is 194 g/mol. The van der Waals surface area contributed by atoms with E-state index < -0.39 is 0 Å². The van der Waals surface area contributed by atoms with Crippen LogP contribution in [0.5, 0.6) is 0 Å². The number of hydrogen-bond donors (Lipinski definition) is 0. The number of carbonyl (C=O) groups excluding carboxylic acids is 1. The topological polar surface area (TPSA) is 20.3 Å². The van der Waals surface area contributed by atoms with Crippen molar-refractivity contribution in [2.75, 3.05) is 18.0 Å². The molecule has 0 bridgehead atoms. The molecule has 0 saturated heterocycles. The van der Waals surface area contributed by atoms with Gasteiger partial charge in [-0.1, -0.05) is 13.0 Å². The van der Waals surface area contributed by atoms with Gasteiger partial charge in [-0.05, 0) is 12.5 Å². The minimum absolute atomic E-state index is 0.783. The van der Waals surface area contributed by atoms with Crippen molar-refractivity contribution >= 4 is 23.3 Å². The van der Waals surface area contributed by atoms with E-state index in [9.17, 15) is 4.79 Å². The summed E-state index contributed by atoms with van der Waals surface area (Å²) in [4.78, 5) is 13.5. The summed E-state index contributed by atoms with van der Waals surface area (Å²) in [6, 6.07) is 1.93. The molecule has 0 aliphatic heterocycles. The minimum atomic E-state index is 0.783. The van der Waals surface area contributed by atoms with E-state index in [0.29, 0.717) is 0 Å². The van der Waals surface area contributed by atoms with Gasteiger partial charge >= 0.3 is 0 Å². The van der Waals surface area contributed by atoms with Gasteiger partial charge in [0.05, 0.1) is 4.88 Å². The fourth-order valence-corrected chi connectivity index (χ4v) is 2.04. The van der Waals surface area contributed by atoms with E-state index in [1.807, 2.05) is 17.5 Å². The van der Waals surface area contributed by atoms with Gasteiger partial charge in [0.1, 0.15) is 0 Å². The van der Waals surface area contributed by atoms with Gasteiger partial charge in [0.15, 0.2) is 6.29 Å². The first kappa shape index (κ1) is 11.0. The van der Waals surface area contributed by atoms with Crippen molar-refractivity contribution < 1.29 is 4.79 Å². The largest absolute Gasteiger partial charge is 0.367 e. The zero-order chi connectivity index (χ0) is 10.4. The van der Waals surface area contributed by atoms with Gasteiger partial charge in [-0.15, -0.1) is 17.9 Å². The van der Waals surface area contributed by atoms with Gasteiger partial charge in [0, 0.05) is 24.2 Å². The van der Waals surface area contributed by atoms with Crippen LogP contribution in [0.4, 0.5) is 5.69 Å². The number of rotatable bonds is 6. The second-order valence-corrected chi connectivity index (χ2v) is 4.00. The summed E-state index contributed by atoms with van der Waals surface area (Å²) in [7, 11) is 0. The lowest BCUT2D eigenvalue weighted by atomic mass is 10.3. The molecular formula is C11H15NOS. The predicted molar refractivity (Wildman–Crippen MR) is 62.4 cm³/mol. The molecule has 0 spiro atoms. The minimum Gasteiger partial charge on any atom is -0.367 e. The summed E-state index contributed by atoms with van der Waals surface area (Å²) >= 11 is 1.49. The van der Waals surface area contributed by atoms with Crippen molar-refractivity contribution in [2.45, 2.75) is 13.3 Å². The van der Waals surface area contributed by atoms with Crippen LogP contribution in [0.3, 0.4) is 0 Å². The number of anilines is 1. The van der Waals surface area contributed by atoms with Gasteiger partial charge in [0.2, 0.25) is 0 Å². The maximum absolute atomic E-state index is 10.5. The Kier molecular flexibility index (Phi) is 4.40. The Hall–Kier alpha value is -1.09. The van der Waals surface area contributed by atoms with Crippen LogP contribution in [0.25, 0.3) is 0 Å². The zero-order valence-electron chi connectivity index (χ0n) is 8.40. The molecule has 1 aromatic rings. The number of nitrogens with zero attached hydrogens (tertiary/aromatic N) is 1. The molecule has 1 heterocycles. The second-order valence-electron chi connectivity index (χ2n) is 3.06. The highest BCUT2D eigenvalue weighted by Gasteiger charge is 2.05. The Morgan fingerprint density at radius 3 is 2.93 bits per heavy atom. The van der Waals surface area contributed by atoms with Crippen LogP contribution in [-0.4, -0.2) is 19.4 Å². The van der Waals surface area contributed by atoms with Crippen LogP contribution in [0.15, 0.2) is 24.1 Å². The molecule has 0 atom stereocenters. The van der Waals surface area contributed by atoms with E-state index in [1.54, 1.807) is 0 Å². The predicted octanol–water partition coefficient (Wildman–Crippen LogP) is 2.96. The number of thiophene rings is 1. The molecule has 0 N–H and O–H groups in total. The second kappa shape index (κ2) is 5.60. The quantitative estimate of drug-likeness (QED) is 0.530. The van der Waals surface area contributed by atoms with Crippen LogP contribution in [0.1, 0.15) is 23.0 Å². The highest BCUT2D eigenvalue weighted by atomic mass is 32.1. The molecule has 0 aliphatic rings. The van der Waals surface area contributed by atoms with Crippen LogP contribution in [-0.2, 0) is 0 Å². The molecule has 0 aromatic carbocycles. The monoisotopic (exact) mass is 209 g/mol. The smallest absolute Gasteiger partial charge is 0.160 e. The number of carbonyl (C=O) groups is 1. The van der Waals surface area contributed by atoms with Crippen LogP contribution < -0.4 is 4.90 Å². The molecule has 1 aromatic heterocycles. The van der Waals surface area contributed by atoms with E-state index in [4.69, 9.17) is 0 Å². The van der Waals surface area contributed by atoms with Crippen LogP contribution in [0.2, 0.25) is 0 Å². The van der Waals surface area contributed by atoms with E-state index in [2.05, 4.69) is 18.4 Å². The molecule has 0 radical (unpaired) electrons. The highest BCUT2D eigenvalue weighted by molar-refractivity contribution is 7.12. The van der Waals surface area contributed by atoms with E-state index in [0.717, 1.165) is 36.4 Å². The van der Waals surface area contributed by atoms with Gasteiger partial charge in [0.25, 0.3) is 0 Å².